The smallest absolute Gasteiger partial charge is 0.0767 e. The highest BCUT2D eigenvalue weighted by Crippen LogP contribution is 2.38. The van der Waals surface area contributed by atoms with Crippen LogP contribution in [0.4, 0.5) is 0 Å². The molecule has 3 heteroatoms. The Balaban J connectivity index is 2.22. The first-order chi connectivity index (χ1) is 8.74. The van der Waals surface area contributed by atoms with Crippen LogP contribution >= 0.6 is 0 Å². The van der Waals surface area contributed by atoms with Crippen molar-refractivity contribution in [2.75, 3.05) is 20.2 Å². The lowest BCUT2D eigenvalue weighted by molar-refractivity contribution is -0.0883. The fraction of sp³-hybridized carbons (Fsp3) is 1.00. The van der Waals surface area contributed by atoms with Crippen LogP contribution in [0.3, 0.4) is 0 Å². The van der Waals surface area contributed by atoms with Crippen LogP contribution in [0, 0.1) is 0 Å². The van der Waals surface area contributed by atoms with Gasteiger partial charge in [0.2, 0.25) is 0 Å². The first-order valence-corrected chi connectivity index (χ1v) is 7.74. The fourth-order valence-electron chi connectivity index (χ4n) is 4.14. The summed E-state index contributed by atoms with van der Waals surface area (Å²) in [7, 11) is 1.86. The summed E-state index contributed by atoms with van der Waals surface area (Å²) in [4.78, 5) is 2.70. The van der Waals surface area contributed by atoms with Gasteiger partial charge in [0, 0.05) is 19.7 Å². The molecule has 1 aliphatic carbocycles. The third kappa shape index (κ3) is 2.59. The van der Waals surface area contributed by atoms with Gasteiger partial charge in [0.05, 0.1) is 11.6 Å². The van der Waals surface area contributed by atoms with Crippen LogP contribution in [0.15, 0.2) is 0 Å². The van der Waals surface area contributed by atoms with Crippen molar-refractivity contribution in [2.45, 2.75) is 76.0 Å². The van der Waals surface area contributed by atoms with E-state index in [0.29, 0.717) is 12.1 Å². The molecular formula is C15H30N2O. The summed E-state index contributed by atoms with van der Waals surface area (Å²) in [6, 6.07) is 0.659. The van der Waals surface area contributed by atoms with Gasteiger partial charge in [-0.1, -0.05) is 25.7 Å². The highest BCUT2D eigenvalue weighted by atomic mass is 16.5. The van der Waals surface area contributed by atoms with Gasteiger partial charge >= 0.3 is 0 Å². The largest absolute Gasteiger partial charge is 0.379 e. The number of hydrogen-bond acceptors (Lipinski definition) is 3. The van der Waals surface area contributed by atoms with E-state index in [0.717, 1.165) is 6.54 Å². The molecule has 1 saturated carbocycles. The summed E-state index contributed by atoms with van der Waals surface area (Å²) in [5, 5.41) is 0. The van der Waals surface area contributed by atoms with Crippen LogP contribution in [-0.4, -0.2) is 42.8 Å². The lowest BCUT2D eigenvalue weighted by atomic mass is 9.76. The van der Waals surface area contributed by atoms with Crippen molar-refractivity contribution in [3.8, 4) is 0 Å². The minimum atomic E-state index is 0.108. The predicted octanol–water partition coefficient (Wildman–Crippen LogP) is 2.54. The second kappa shape index (κ2) is 6.36. The van der Waals surface area contributed by atoms with Crippen molar-refractivity contribution < 1.29 is 4.74 Å². The Bertz CT molecular complexity index is 259. The second-order valence-electron chi connectivity index (χ2n) is 6.17. The molecule has 2 rings (SSSR count). The van der Waals surface area contributed by atoms with Crippen LogP contribution in [0.1, 0.15) is 58.3 Å². The first kappa shape index (κ1) is 14.3. The Morgan fingerprint density at radius 1 is 1.17 bits per heavy atom. The van der Waals surface area contributed by atoms with Crippen molar-refractivity contribution >= 4 is 0 Å². The zero-order valence-electron chi connectivity index (χ0n) is 12.2. The van der Waals surface area contributed by atoms with E-state index in [1.807, 2.05) is 7.11 Å². The highest BCUT2D eigenvalue weighted by Gasteiger charge is 2.46. The quantitative estimate of drug-likeness (QED) is 0.841. The Labute approximate surface area is 112 Å². The molecule has 3 atom stereocenters. The molecule has 0 aromatic carbocycles. The standard InChI is InChI=1S/C15H30N2O/c1-13-8-4-3-7-11-17(13)15(12-16)10-6-5-9-14(15)18-2/h13-14H,3-12,16H2,1-2H3. The molecular weight excluding hydrogens is 224 g/mol. The fourth-order valence-corrected chi connectivity index (χ4v) is 4.14. The highest BCUT2D eigenvalue weighted by molar-refractivity contribution is 5.03. The normalized spacial score (nSPS) is 39.5. The number of hydrogen-bond donors (Lipinski definition) is 1. The van der Waals surface area contributed by atoms with Gasteiger partial charge in [-0.05, 0) is 39.2 Å². The van der Waals surface area contributed by atoms with Gasteiger partial charge in [-0.2, -0.15) is 0 Å². The maximum absolute atomic E-state index is 6.23. The lowest BCUT2D eigenvalue weighted by Crippen LogP contribution is -2.65. The van der Waals surface area contributed by atoms with E-state index in [9.17, 15) is 0 Å². The number of nitrogens with zero attached hydrogens (tertiary/aromatic N) is 1. The van der Waals surface area contributed by atoms with Gasteiger partial charge in [-0.25, -0.2) is 0 Å². The molecule has 18 heavy (non-hydrogen) atoms. The van der Waals surface area contributed by atoms with Crippen LogP contribution in [0.25, 0.3) is 0 Å². The Kier molecular flexibility index (Phi) is 5.05. The van der Waals surface area contributed by atoms with Gasteiger partial charge in [0.1, 0.15) is 0 Å². The van der Waals surface area contributed by atoms with Crippen molar-refractivity contribution in [3.05, 3.63) is 0 Å². The van der Waals surface area contributed by atoms with Gasteiger partial charge < -0.3 is 10.5 Å². The van der Waals surface area contributed by atoms with Crippen LogP contribution in [0.2, 0.25) is 0 Å². The molecule has 0 aromatic rings. The third-order valence-corrected chi connectivity index (χ3v) is 5.19. The summed E-state index contributed by atoms with van der Waals surface area (Å²) >= 11 is 0. The summed E-state index contributed by atoms with van der Waals surface area (Å²) < 4.78 is 5.82. The maximum Gasteiger partial charge on any atom is 0.0767 e. The Hall–Kier alpha value is -0.120. The molecule has 0 radical (unpaired) electrons. The minimum absolute atomic E-state index is 0.108. The van der Waals surface area contributed by atoms with E-state index in [1.54, 1.807) is 0 Å². The molecule has 0 aromatic heterocycles. The van der Waals surface area contributed by atoms with E-state index in [4.69, 9.17) is 10.5 Å². The first-order valence-electron chi connectivity index (χ1n) is 7.74. The summed E-state index contributed by atoms with van der Waals surface area (Å²) in [5.74, 6) is 0. The van der Waals surface area contributed by atoms with Crippen LogP contribution in [-0.2, 0) is 4.74 Å². The summed E-state index contributed by atoms with van der Waals surface area (Å²) in [6.45, 7) is 4.33. The predicted molar refractivity (Wildman–Crippen MR) is 75.7 cm³/mol. The molecule has 2 N–H and O–H groups in total. The molecule has 0 spiro atoms. The zero-order valence-corrected chi connectivity index (χ0v) is 12.2. The van der Waals surface area contributed by atoms with E-state index in [-0.39, 0.29) is 5.54 Å². The van der Waals surface area contributed by atoms with E-state index >= 15 is 0 Å². The van der Waals surface area contributed by atoms with Gasteiger partial charge in [-0.15, -0.1) is 0 Å². The van der Waals surface area contributed by atoms with Crippen molar-refractivity contribution in [3.63, 3.8) is 0 Å². The third-order valence-electron chi connectivity index (χ3n) is 5.19. The van der Waals surface area contributed by atoms with Gasteiger partial charge in [0.25, 0.3) is 0 Å². The molecule has 3 unspecified atom stereocenters. The molecule has 106 valence electrons. The number of rotatable bonds is 3. The zero-order chi connectivity index (χ0) is 13.0. The monoisotopic (exact) mass is 254 g/mol. The summed E-state index contributed by atoms with van der Waals surface area (Å²) in [6.07, 6.45) is 10.7. The SMILES string of the molecule is COC1CCCCC1(CN)N1CCCCCC1C. The van der Waals surface area contributed by atoms with Gasteiger partial charge in [-0.3, -0.25) is 4.90 Å². The van der Waals surface area contributed by atoms with E-state index in [1.165, 1.54) is 57.9 Å². The Morgan fingerprint density at radius 3 is 2.67 bits per heavy atom. The topological polar surface area (TPSA) is 38.5 Å². The van der Waals surface area contributed by atoms with Crippen LogP contribution < -0.4 is 5.73 Å². The molecule has 0 amide bonds. The van der Waals surface area contributed by atoms with Gasteiger partial charge in [0.15, 0.2) is 0 Å². The molecule has 2 fully saturated rings. The average Bonchev–Trinajstić information content (AvgIpc) is 2.63. The lowest BCUT2D eigenvalue weighted by Gasteiger charge is -2.52. The molecule has 3 nitrogen and oxygen atoms in total. The minimum Gasteiger partial charge on any atom is -0.379 e. The summed E-state index contributed by atoms with van der Waals surface area (Å²) in [5.41, 5.74) is 6.33. The second-order valence-corrected chi connectivity index (χ2v) is 6.17. The van der Waals surface area contributed by atoms with Crippen molar-refractivity contribution in [1.29, 1.82) is 0 Å². The number of ether oxygens (including phenoxy) is 1. The maximum atomic E-state index is 6.23. The number of likely N-dealkylation sites (tertiary alicyclic amines) is 1. The molecule has 1 saturated heterocycles. The average molecular weight is 254 g/mol. The van der Waals surface area contributed by atoms with Crippen LogP contribution in [0.5, 0.6) is 0 Å². The van der Waals surface area contributed by atoms with E-state index < -0.39 is 0 Å². The molecule has 0 bridgehead atoms. The number of nitrogens with two attached hydrogens (primary N) is 1. The number of methoxy groups -OCH3 is 1. The van der Waals surface area contributed by atoms with E-state index in [2.05, 4.69) is 11.8 Å². The molecule has 1 heterocycles. The Morgan fingerprint density at radius 2 is 1.94 bits per heavy atom. The van der Waals surface area contributed by atoms with Crippen molar-refractivity contribution in [2.24, 2.45) is 5.73 Å². The molecule has 2 aliphatic rings. The molecule has 1 aliphatic heterocycles. The van der Waals surface area contributed by atoms with Crippen molar-refractivity contribution in [1.82, 2.24) is 4.90 Å².